The maximum Gasteiger partial charge on any atom is 0.230 e. The van der Waals surface area contributed by atoms with Gasteiger partial charge in [-0.25, -0.2) is 9.97 Å². The van der Waals surface area contributed by atoms with Gasteiger partial charge in [-0.1, -0.05) is 12.1 Å². The first kappa shape index (κ1) is 22.5. The van der Waals surface area contributed by atoms with Crippen LogP contribution in [-0.4, -0.2) is 65.1 Å². The number of benzene rings is 1. The van der Waals surface area contributed by atoms with Gasteiger partial charge in [0.1, 0.15) is 11.4 Å². The Balaban J connectivity index is 1.12. The van der Waals surface area contributed by atoms with Gasteiger partial charge in [0, 0.05) is 61.4 Å². The van der Waals surface area contributed by atoms with Crippen LogP contribution in [0.4, 0.5) is 5.13 Å². The van der Waals surface area contributed by atoms with Crippen LogP contribution in [-0.2, 0) is 11.2 Å². The van der Waals surface area contributed by atoms with Gasteiger partial charge in [-0.2, -0.15) is 0 Å². The number of carbonyl (C=O) groups excluding carboxylic acids is 1. The van der Waals surface area contributed by atoms with Crippen LogP contribution in [0, 0.1) is 0 Å². The van der Waals surface area contributed by atoms with Crippen LogP contribution in [0.2, 0.25) is 0 Å². The molecule has 1 amide bonds. The Labute approximate surface area is 202 Å². The quantitative estimate of drug-likeness (QED) is 0.320. The number of nitrogens with zero attached hydrogens (tertiary/aromatic N) is 3. The second-order valence-corrected chi connectivity index (χ2v) is 9.16. The highest BCUT2D eigenvalue weighted by Crippen LogP contribution is 2.30. The molecule has 3 N–H and O–H groups in total. The van der Waals surface area contributed by atoms with E-state index in [0.29, 0.717) is 11.7 Å². The molecule has 34 heavy (non-hydrogen) atoms. The number of piperazine rings is 1. The molecule has 5 rings (SSSR count). The van der Waals surface area contributed by atoms with Crippen LogP contribution in [0.3, 0.4) is 0 Å². The van der Waals surface area contributed by atoms with E-state index in [1.54, 1.807) is 6.20 Å². The summed E-state index contributed by atoms with van der Waals surface area (Å²) in [4.78, 5) is 27.2. The van der Waals surface area contributed by atoms with Gasteiger partial charge in [-0.15, -0.1) is 11.3 Å². The Morgan fingerprint density at radius 3 is 3.03 bits per heavy atom. The zero-order valence-electron chi connectivity index (χ0n) is 18.9. The Bertz CT molecular complexity index is 1250. The fourth-order valence-corrected chi connectivity index (χ4v) is 4.86. The highest BCUT2D eigenvalue weighted by molar-refractivity contribution is 7.14. The number of amides is 1. The van der Waals surface area contributed by atoms with E-state index in [4.69, 9.17) is 4.74 Å². The zero-order chi connectivity index (χ0) is 23.2. The summed E-state index contributed by atoms with van der Waals surface area (Å²) in [5.41, 5.74) is 3.52. The van der Waals surface area contributed by atoms with Crippen LogP contribution in [0.15, 0.2) is 54.2 Å². The largest absolute Gasteiger partial charge is 0.494 e. The molecule has 0 atom stereocenters. The molecular weight excluding hydrogens is 448 g/mol. The summed E-state index contributed by atoms with van der Waals surface area (Å²) in [5.74, 6) is 0.701. The van der Waals surface area contributed by atoms with Crippen molar-refractivity contribution < 1.29 is 9.53 Å². The molecular formula is C25H28N6O2S. The summed E-state index contributed by atoms with van der Waals surface area (Å²) in [5, 5.41) is 9.83. The highest BCUT2D eigenvalue weighted by atomic mass is 32.1. The molecule has 4 aromatic rings. The summed E-state index contributed by atoms with van der Waals surface area (Å²) in [6, 6.07) is 11.7. The summed E-state index contributed by atoms with van der Waals surface area (Å²) >= 11 is 1.41. The summed E-state index contributed by atoms with van der Waals surface area (Å²) in [6.07, 6.45) is 4.91. The minimum absolute atomic E-state index is 0.0997. The van der Waals surface area contributed by atoms with Crippen molar-refractivity contribution in [2.75, 3.05) is 44.6 Å². The van der Waals surface area contributed by atoms with E-state index in [1.165, 1.54) is 11.3 Å². The van der Waals surface area contributed by atoms with E-state index in [-0.39, 0.29) is 12.3 Å². The minimum atomic E-state index is -0.0997. The molecule has 8 nitrogen and oxygen atoms in total. The van der Waals surface area contributed by atoms with Crippen LogP contribution >= 0.6 is 11.3 Å². The van der Waals surface area contributed by atoms with Crippen molar-refractivity contribution >= 4 is 33.4 Å². The van der Waals surface area contributed by atoms with Crippen molar-refractivity contribution in [1.82, 2.24) is 25.2 Å². The van der Waals surface area contributed by atoms with Gasteiger partial charge in [0.05, 0.1) is 18.7 Å². The van der Waals surface area contributed by atoms with Gasteiger partial charge in [0.2, 0.25) is 5.91 Å². The first-order chi connectivity index (χ1) is 16.7. The first-order valence-electron chi connectivity index (χ1n) is 11.6. The zero-order valence-corrected chi connectivity index (χ0v) is 19.7. The maximum atomic E-state index is 12.6. The van der Waals surface area contributed by atoms with E-state index in [0.717, 1.165) is 72.7 Å². The van der Waals surface area contributed by atoms with Gasteiger partial charge >= 0.3 is 0 Å². The molecule has 176 valence electrons. The predicted molar refractivity (Wildman–Crippen MR) is 135 cm³/mol. The van der Waals surface area contributed by atoms with Crippen LogP contribution in [0.25, 0.3) is 22.3 Å². The third-order valence-electron chi connectivity index (χ3n) is 5.84. The number of nitrogens with one attached hydrogen (secondary N) is 3. The first-order valence-corrected chi connectivity index (χ1v) is 12.5. The molecule has 1 saturated heterocycles. The van der Waals surface area contributed by atoms with Gasteiger partial charge in [0.25, 0.3) is 0 Å². The molecule has 0 saturated carbocycles. The molecule has 4 heterocycles. The monoisotopic (exact) mass is 476 g/mol. The van der Waals surface area contributed by atoms with Crippen molar-refractivity contribution in [2.45, 2.75) is 12.8 Å². The predicted octanol–water partition coefficient (Wildman–Crippen LogP) is 3.54. The molecule has 0 radical (unpaired) electrons. The lowest BCUT2D eigenvalue weighted by atomic mass is 10.1. The molecule has 3 aromatic heterocycles. The average Bonchev–Trinajstić information content (AvgIpc) is 3.49. The fourth-order valence-electron chi connectivity index (χ4n) is 4.13. The van der Waals surface area contributed by atoms with Crippen molar-refractivity contribution in [3.63, 3.8) is 0 Å². The molecule has 0 aliphatic carbocycles. The molecule has 9 heteroatoms. The third kappa shape index (κ3) is 5.61. The Morgan fingerprint density at radius 1 is 1.21 bits per heavy atom. The van der Waals surface area contributed by atoms with Gasteiger partial charge in [-0.05, 0) is 36.2 Å². The number of hydrogen-bond acceptors (Lipinski definition) is 7. The minimum Gasteiger partial charge on any atom is -0.494 e. The van der Waals surface area contributed by atoms with E-state index in [2.05, 4.69) is 30.5 Å². The average molecular weight is 477 g/mol. The van der Waals surface area contributed by atoms with Crippen LogP contribution < -0.4 is 15.4 Å². The number of thiazole rings is 1. The molecule has 0 spiro atoms. The number of rotatable bonds is 9. The lowest BCUT2D eigenvalue weighted by Crippen LogP contribution is -2.43. The third-order valence-corrected chi connectivity index (χ3v) is 6.60. The molecule has 1 aliphatic heterocycles. The number of ether oxygens (including phenoxy) is 1. The van der Waals surface area contributed by atoms with Crippen molar-refractivity contribution in [1.29, 1.82) is 0 Å². The number of pyridine rings is 1. The number of hydrogen-bond donors (Lipinski definition) is 3. The molecule has 0 unspecified atom stereocenters. The summed E-state index contributed by atoms with van der Waals surface area (Å²) < 4.78 is 5.93. The second kappa shape index (κ2) is 10.8. The highest BCUT2D eigenvalue weighted by Gasteiger charge is 2.13. The molecule has 1 aromatic carbocycles. The summed E-state index contributed by atoms with van der Waals surface area (Å²) in [7, 11) is 0. The Kier molecular flexibility index (Phi) is 7.13. The number of carbonyl (C=O) groups is 1. The number of aromatic nitrogens is 3. The van der Waals surface area contributed by atoms with Crippen molar-refractivity contribution in [2.24, 2.45) is 0 Å². The number of fused-ring (bicyclic) bond motifs is 1. The Hall–Kier alpha value is -3.27. The van der Waals surface area contributed by atoms with Gasteiger partial charge in [0.15, 0.2) is 5.13 Å². The van der Waals surface area contributed by atoms with E-state index in [1.807, 2.05) is 48.0 Å². The second-order valence-electron chi connectivity index (χ2n) is 8.31. The van der Waals surface area contributed by atoms with Gasteiger partial charge in [-0.3, -0.25) is 4.79 Å². The lowest BCUT2D eigenvalue weighted by Gasteiger charge is -2.26. The SMILES string of the molecule is O=C(Cc1cccc(OCCCN2CCNCC2)c1)Nc1nc(-c2c[nH]c3ncccc23)cs1. The molecule has 1 fully saturated rings. The van der Waals surface area contributed by atoms with E-state index < -0.39 is 0 Å². The maximum absolute atomic E-state index is 12.6. The van der Waals surface area contributed by atoms with E-state index in [9.17, 15) is 4.79 Å². The van der Waals surface area contributed by atoms with Crippen molar-refractivity contribution in [3.8, 4) is 17.0 Å². The van der Waals surface area contributed by atoms with Crippen LogP contribution in [0.5, 0.6) is 5.75 Å². The van der Waals surface area contributed by atoms with Crippen LogP contribution in [0.1, 0.15) is 12.0 Å². The topological polar surface area (TPSA) is 95.2 Å². The number of aromatic amines is 1. The molecule has 0 bridgehead atoms. The lowest BCUT2D eigenvalue weighted by molar-refractivity contribution is -0.115. The number of H-pyrrole nitrogens is 1. The van der Waals surface area contributed by atoms with E-state index >= 15 is 0 Å². The fraction of sp³-hybridized carbons (Fsp3) is 0.320. The molecule has 1 aliphatic rings. The van der Waals surface area contributed by atoms with Gasteiger partial charge < -0.3 is 25.3 Å². The smallest absolute Gasteiger partial charge is 0.230 e. The number of anilines is 1. The summed E-state index contributed by atoms with van der Waals surface area (Å²) in [6.45, 7) is 6.05. The van der Waals surface area contributed by atoms with Crippen molar-refractivity contribution in [3.05, 3.63) is 59.7 Å². The Morgan fingerprint density at radius 2 is 2.12 bits per heavy atom. The standard InChI is InChI=1S/C25H28N6O2S/c32-23(30-25-29-22(17-34-25)21-16-28-24-20(21)6-2-7-27-24)15-18-4-1-5-19(14-18)33-13-3-10-31-11-8-26-9-12-31/h1-2,4-7,14,16-17,26H,3,8-13,15H2,(H,27,28)(H,29,30,32). The normalized spacial score (nSPS) is 14.4.